The van der Waals surface area contributed by atoms with E-state index in [1.165, 1.54) is 5.56 Å². The number of ether oxygens (including phenoxy) is 1. The fraction of sp³-hybridized carbons (Fsp3) is 0.458. The lowest BCUT2D eigenvalue weighted by atomic mass is 10.1. The van der Waals surface area contributed by atoms with Crippen LogP contribution in [0.3, 0.4) is 0 Å². The number of alkyl carbamates (subject to hydrolysis) is 1. The number of benzene rings is 1. The van der Waals surface area contributed by atoms with E-state index in [9.17, 15) is 9.59 Å². The number of aromatic nitrogens is 1. The lowest BCUT2D eigenvalue weighted by Gasteiger charge is -2.27. The molecule has 1 fully saturated rings. The third kappa shape index (κ3) is 6.31. The van der Waals surface area contributed by atoms with Crippen LogP contribution in [0, 0.1) is 5.92 Å². The Balaban J connectivity index is 1.66. The molecule has 1 aromatic carbocycles. The molecule has 160 valence electrons. The van der Waals surface area contributed by atoms with Crippen LogP contribution < -0.4 is 5.32 Å². The number of amides is 2. The van der Waals surface area contributed by atoms with Crippen LogP contribution in [0.1, 0.15) is 51.3 Å². The lowest BCUT2D eigenvalue weighted by molar-refractivity contribution is -0.133. The Morgan fingerprint density at radius 3 is 2.50 bits per heavy atom. The third-order valence-corrected chi connectivity index (χ3v) is 4.98. The van der Waals surface area contributed by atoms with Crippen molar-refractivity contribution in [2.24, 2.45) is 5.92 Å². The van der Waals surface area contributed by atoms with Crippen molar-refractivity contribution in [2.45, 2.75) is 58.2 Å². The van der Waals surface area contributed by atoms with Gasteiger partial charge in [0.1, 0.15) is 5.60 Å². The molecule has 0 bridgehead atoms. The second-order valence-electron chi connectivity index (χ2n) is 8.95. The molecule has 6 nitrogen and oxygen atoms in total. The molecule has 1 heterocycles. The predicted octanol–water partition coefficient (Wildman–Crippen LogP) is 4.13. The average Bonchev–Trinajstić information content (AvgIpc) is 3.47. The van der Waals surface area contributed by atoms with E-state index in [0.717, 1.165) is 12.1 Å². The summed E-state index contributed by atoms with van der Waals surface area (Å²) in [6.45, 7) is 8.16. The molecule has 1 aliphatic rings. The van der Waals surface area contributed by atoms with Gasteiger partial charge in [-0.3, -0.25) is 9.78 Å². The van der Waals surface area contributed by atoms with Crippen molar-refractivity contribution in [1.29, 1.82) is 0 Å². The van der Waals surface area contributed by atoms with Gasteiger partial charge in [0.25, 0.3) is 0 Å². The molecule has 0 spiro atoms. The summed E-state index contributed by atoms with van der Waals surface area (Å²) in [7, 11) is 0. The van der Waals surface area contributed by atoms with Crippen molar-refractivity contribution in [1.82, 2.24) is 15.2 Å². The van der Waals surface area contributed by atoms with Crippen LogP contribution in [-0.4, -0.2) is 40.1 Å². The molecule has 1 N–H and O–H groups in total. The third-order valence-electron chi connectivity index (χ3n) is 4.98. The SMILES string of the molecule is C[C@H](CN(Cc1ccccn1)C(=O)[C@H]1C[C@H]1c1ccccc1)NC(=O)OC(C)(C)C. The Hall–Kier alpha value is -2.89. The van der Waals surface area contributed by atoms with E-state index in [1.807, 2.05) is 64.1 Å². The summed E-state index contributed by atoms with van der Waals surface area (Å²) in [5.74, 6) is 0.344. The van der Waals surface area contributed by atoms with Crippen LogP contribution in [-0.2, 0) is 16.1 Å². The number of nitrogens with one attached hydrogen (secondary N) is 1. The van der Waals surface area contributed by atoms with E-state index in [2.05, 4.69) is 22.4 Å². The quantitative estimate of drug-likeness (QED) is 0.746. The molecular weight excluding hydrogens is 378 g/mol. The fourth-order valence-electron chi connectivity index (χ4n) is 3.58. The average molecular weight is 410 g/mol. The van der Waals surface area contributed by atoms with Crippen LogP contribution in [0.4, 0.5) is 4.79 Å². The van der Waals surface area contributed by atoms with Crippen LogP contribution in [0.25, 0.3) is 0 Å². The molecule has 0 saturated heterocycles. The van der Waals surface area contributed by atoms with Gasteiger partial charge < -0.3 is 15.0 Å². The van der Waals surface area contributed by atoms with Gasteiger partial charge in [-0.25, -0.2) is 4.79 Å². The van der Waals surface area contributed by atoms with Crippen molar-refractivity contribution in [3.05, 3.63) is 66.0 Å². The molecule has 1 saturated carbocycles. The molecule has 3 atom stereocenters. The zero-order valence-corrected chi connectivity index (χ0v) is 18.2. The van der Waals surface area contributed by atoms with E-state index in [4.69, 9.17) is 4.74 Å². The van der Waals surface area contributed by atoms with Crippen molar-refractivity contribution < 1.29 is 14.3 Å². The molecule has 3 rings (SSSR count). The molecule has 2 aromatic rings. The first kappa shape index (κ1) is 21.8. The van der Waals surface area contributed by atoms with E-state index in [0.29, 0.717) is 13.1 Å². The van der Waals surface area contributed by atoms with Crippen molar-refractivity contribution in [3.63, 3.8) is 0 Å². The molecule has 0 radical (unpaired) electrons. The number of nitrogens with zero attached hydrogens (tertiary/aromatic N) is 2. The lowest BCUT2D eigenvalue weighted by Crippen LogP contribution is -2.46. The van der Waals surface area contributed by atoms with Crippen molar-refractivity contribution in [2.75, 3.05) is 6.54 Å². The number of hydrogen-bond donors (Lipinski definition) is 1. The Kier molecular flexibility index (Phi) is 6.75. The largest absolute Gasteiger partial charge is 0.444 e. The highest BCUT2D eigenvalue weighted by Gasteiger charge is 2.45. The van der Waals surface area contributed by atoms with Crippen molar-refractivity contribution in [3.8, 4) is 0 Å². The van der Waals surface area contributed by atoms with Crippen molar-refractivity contribution >= 4 is 12.0 Å². The molecule has 1 aliphatic carbocycles. The Morgan fingerprint density at radius 1 is 1.17 bits per heavy atom. The highest BCUT2D eigenvalue weighted by molar-refractivity contribution is 5.83. The maximum Gasteiger partial charge on any atom is 0.407 e. The first-order valence-electron chi connectivity index (χ1n) is 10.5. The van der Waals surface area contributed by atoms with Gasteiger partial charge in [0.2, 0.25) is 5.91 Å². The summed E-state index contributed by atoms with van der Waals surface area (Å²) in [5, 5.41) is 2.83. The van der Waals surface area contributed by atoms with E-state index >= 15 is 0 Å². The minimum Gasteiger partial charge on any atom is -0.444 e. The van der Waals surface area contributed by atoms with Gasteiger partial charge >= 0.3 is 6.09 Å². The Labute approximate surface area is 178 Å². The summed E-state index contributed by atoms with van der Waals surface area (Å²) >= 11 is 0. The molecule has 2 amide bonds. The minimum absolute atomic E-state index is 0.0233. The van der Waals surface area contributed by atoms with Crippen LogP contribution >= 0.6 is 0 Å². The topological polar surface area (TPSA) is 71.5 Å². The van der Waals surface area contributed by atoms with Gasteiger partial charge in [0, 0.05) is 24.7 Å². The van der Waals surface area contributed by atoms with E-state index in [1.54, 1.807) is 11.1 Å². The molecule has 30 heavy (non-hydrogen) atoms. The number of carbonyl (C=O) groups is 2. The maximum atomic E-state index is 13.3. The second kappa shape index (κ2) is 9.28. The maximum absolute atomic E-state index is 13.3. The normalized spacial score (nSPS) is 18.9. The fourth-order valence-corrected chi connectivity index (χ4v) is 3.58. The zero-order valence-electron chi connectivity index (χ0n) is 18.2. The first-order valence-corrected chi connectivity index (χ1v) is 10.5. The number of rotatable bonds is 7. The van der Waals surface area contributed by atoms with Gasteiger partial charge in [-0.2, -0.15) is 0 Å². The standard InChI is InChI=1S/C24H31N3O3/c1-17(26-23(29)30-24(2,3)4)15-27(16-19-12-8-9-13-25-19)22(28)21-14-20(21)18-10-6-5-7-11-18/h5-13,17,20-21H,14-16H2,1-4H3,(H,26,29)/t17-,20+,21+/m1/s1. The van der Waals surface area contributed by atoms with Gasteiger partial charge in [-0.15, -0.1) is 0 Å². The van der Waals surface area contributed by atoms with Gasteiger partial charge in [0.15, 0.2) is 0 Å². The Morgan fingerprint density at radius 2 is 1.87 bits per heavy atom. The summed E-state index contributed by atoms with van der Waals surface area (Å²) in [4.78, 5) is 31.6. The molecular formula is C24H31N3O3. The second-order valence-corrected chi connectivity index (χ2v) is 8.95. The number of carbonyl (C=O) groups excluding carboxylic acids is 2. The summed E-state index contributed by atoms with van der Waals surface area (Å²) < 4.78 is 5.34. The summed E-state index contributed by atoms with van der Waals surface area (Å²) in [5.41, 5.74) is 1.46. The van der Waals surface area contributed by atoms with E-state index < -0.39 is 11.7 Å². The minimum atomic E-state index is -0.565. The van der Waals surface area contributed by atoms with Crippen LogP contribution in [0.15, 0.2) is 54.7 Å². The molecule has 0 aliphatic heterocycles. The van der Waals surface area contributed by atoms with Crippen LogP contribution in [0.5, 0.6) is 0 Å². The molecule has 1 aromatic heterocycles. The first-order chi connectivity index (χ1) is 14.2. The number of pyridine rings is 1. The Bertz CT molecular complexity index is 849. The predicted molar refractivity (Wildman–Crippen MR) is 116 cm³/mol. The number of hydrogen-bond acceptors (Lipinski definition) is 4. The highest BCUT2D eigenvalue weighted by Crippen LogP contribution is 2.48. The molecule has 6 heteroatoms. The van der Waals surface area contributed by atoms with Gasteiger partial charge in [-0.1, -0.05) is 36.4 Å². The van der Waals surface area contributed by atoms with Crippen LogP contribution in [0.2, 0.25) is 0 Å². The smallest absolute Gasteiger partial charge is 0.407 e. The van der Waals surface area contributed by atoms with E-state index in [-0.39, 0.29) is 23.8 Å². The van der Waals surface area contributed by atoms with Gasteiger partial charge in [0.05, 0.1) is 12.2 Å². The summed E-state index contributed by atoms with van der Waals surface area (Å²) in [6, 6.07) is 15.6. The molecule has 0 unspecified atom stereocenters. The zero-order chi connectivity index (χ0) is 21.7. The van der Waals surface area contributed by atoms with Gasteiger partial charge in [-0.05, 0) is 57.7 Å². The monoisotopic (exact) mass is 409 g/mol. The summed E-state index contributed by atoms with van der Waals surface area (Å²) in [6.07, 6.45) is 2.11. The highest BCUT2D eigenvalue weighted by atomic mass is 16.6.